The van der Waals surface area contributed by atoms with E-state index in [9.17, 15) is 13.2 Å². The average molecular weight is 314 g/mol. The molecule has 0 fully saturated rings. The molecule has 1 rings (SSSR count). The summed E-state index contributed by atoms with van der Waals surface area (Å²) in [4.78, 5) is 11.9. The maximum Gasteiger partial charge on any atom is 0.338 e. The van der Waals surface area contributed by atoms with Crippen LogP contribution in [-0.2, 0) is 25.5 Å². The van der Waals surface area contributed by atoms with E-state index in [1.54, 1.807) is 18.2 Å². The van der Waals surface area contributed by atoms with Crippen LogP contribution >= 0.6 is 0 Å². The van der Waals surface area contributed by atoms with Crippen molar-refractivity contribution in [2.24, 2.45) is 0 Å². The Morgan fingerprint density at radius 1 is 1.24 bits per heavy atom. The zero-order valence-corrected chi connectivity index (χ0v) is 13.7. The Kier molecular flexibility index (Phi) is 5.92. The molecule has 0 saturated carbocycles. The van der Waals surface area contributed by atoms with Crippen LogP contribution in [0.4, 0.5) is 0 Å². The van der Waals surface area contributed by atoms with Crippen molar-refractivity contribution in [3.05, 3.63) is 35.4 Å². The third-order valence-corrected chi connectivity index (χ3v) is 3.06. The molecule has 0 aliphatic carbocycles. The lowest BCUT2D eigenvalue weighted by Gasteiger charge is -2.19. The molecule has 0 aliphatic rings. The number of rotatable bonds is 6. The van der Waals surface area contributed by atoms with Crippen molar-refractivity contribution >= 4 is 16.1 Å². The molecule has 0 spiro atoms. The van der Waals surface area contributed by atoms with Gasteiger partial charge in [0.05, 0.1) is 18.4 Å². The standard InChI is InChI=1S/C15H22O5S/c1-15(2,3)20-14(16)13-9-5-7-12(11-13)8-6-10-19-21(4,17)18/h5,7,9,11H,6,8,10H2,1-4H3. The summed E-state index contributed by atoms with van der Waals surface area (Å²) in [6.45, 7) is 5.58. The van der Waals surface area contributed by atoms with Gasteiger partial charge < -0.3 is 4.74 Å². The van der Waals surface area contributed by atoms with Crippen LogP contribution < -0.4 is 0 Å². The highest BCUT2D eigenvalue weighted by atomic mass is 32.2. The number of carbonyl (C=O) groups is 1. The van der Waals surface area contributed by atoms with E-state index >= 15 is 0 Å². The summed E-state index contributed by atoms with van der Waals surface area (Å²) in [5, 5.41) is 0. The molecule has 0 aliphatic heterocycles. The van der Waals surface area contributed by atoms with Crippen molar-refractivity contribution in [3.63, 3.8) is 0 Å². The molecule has 0 N–H and O–H groups in total. The molecule has 0 amide bonds. The fraction of sp³-hybridized carbons (Fsp3) is 0.533. The highest BCUT2D eigenvalue weighted by Gasteiger charge is 2.17. The predicted octanol–water partition coefficient (Wildman–Crippen LogP) is 2.55. The molecule has 0 aromatic heterocycles. The molecular formula is C15H22O5S. The van der Waals surface area contributed by atoms with E-state index in [4.69, 9.17) is 4.74 Å². The molecule has 0 bridgehead atoms. The first-order chi connectivity index (χ1) is 9.57. The molecule has 118 valence electrons. The zero-order chi connectivity index (χ0) is 16.1. The van der Waals surface area contributed by atoms with Gasteiger partial charge >= 0.3 is 5.97 Å². The van der Waals surface area contributed by atoms with E-state index < -0.39 is 15.7 Å². The van der Waals surface area contributed by atoms with Crippen LogP contribution in [0.2, 0.25) is 0 Å². The molecule has 21 heavy (non-hydrogen) atoms. The molecule has 0 radical (unpaired) electrons. The van der Waals surface area contributed by atoms with Crippen LogP contribution in [0.3, 0.4) is 0 Å². The SMILES string of the molecule is CC(C)(C)OC(=O)c1cccc(CCCOS(C)(=O)=O)c1. The van der Waals surface area contributed by atoms with Gasteiger partial charge in [0.1, 0.15) is 5.60 Å². The summed E-state index contributed by atoms with van der Waals surface area (Å²) in [6.07, 6.45) is 2.22. The molecule has 1 aromatic carbocycles. The fourth-order valence-corrected chi connectivity index (χ4v) is 2.10. The first-order valence-electron chi connectivity index (χ1n) is 6.73. The predicted molar refractivity (Wildman–Crippen MR) is 80.7 cm³/mol. The minimum absolute atomic E-state index is 0.134. The van der Waals surface area contributed by atoms with Gasteiger partial charge in [-0.3, -0.25) is 4.18 Å². The second-order valence-corrected chi connectivity index (χ2v) is 7.48. The molecule has 5 nitrogen and oxygen atoms in total. The third-order valence-electron chi connectivity index (χ3n) is 2.47. The fourth-order valence-electron chi connectivity index (χ4n) is 1.68. The first-order valence-corrected chi connectivity index (χ1v) is 8.55. The summed E-state index contributed by atoms with van der Waals surface area (Å²) in [5.41, 5.74) is 0.901. The Bertz CT molecular complexity index is 584. The van der Waals surface area contributed by atoms with Gasteiger partial charge in [-0.1, -0.05) is 12.1 Å². The highest BCUT2D eigenvalue weighted by Crippen LogP contribution is 2.14. The van der Waals surface area contributed by atoms with Crippen molar-refractivity contribution in [1.82, 2.24) is 0 Å². The van der Waals surface area contributed by atoms with Crippen LogP contribution in [0.25, 0.3) is 0 Å². The van der Waals surface area contributed by atoms with Gasteiger partial charge in [-0.15, -0.1) is 0 Å². The van der Waals surface area contributed by atoms with E-state index in [0.29, 0.717) is 18.4 Å². The van der Waals surface area contributed by atoms with Crippen LogP contribution in [0, 0.1) is 0 Å². The van der Waals surface area contributed by atoms with E-state index in [1.165, 1.54) is 0 Å². The highest BCUT2D eigenvalue weighted by molar-refractivity contribution is 7.85. The number of hydrogen-bond acceptors (Lipinski definition) is 5. The molecular weight excluding hydrogens is 292 g/mol. The summed E-state index contributed by atoms with van der Waals surface area (Å²) < 4.78 is 31.7. The van der Waals surface area contributed by atoms with Crippen molar-refractivity contribution < 1.29 is 22.1 Å². The summed E-state index contributed by atoms with van der Waals surface area (Å²) >= 11 is 0. The van der Waals surface area contributed by atoms with Gasteiger partial charge in [0.2, 0.25) is 0 Å². The summed E-state index contributed by atoms with van der Waals surface area (Å²) in [5.74, 6) is -0.364. The normalized spacial score (nSPS) is 12.2. The summed E-state index contributed by atoms with van der Waals surface area (Å²) in [7, 11) is -3.39. The number of aryl methyl sites for hydroxylation is 1. The van der Waals surface area contributed by atoms with Gasteiger partial charge in [0, 0.05) is 0 Å². The number of hydrogen-bond donors (Lipinski definition) is 0. The minimum atomic E-state index is -3.39. The molecule has 1 aromatic rings. The lowest BCUT2D eigenvalue weighted by molar-refractivity contribution is 0.00694. The number of ether oxygens (including phenoxy) is 1. The monoisotopic (exact) mass is 314 g/mol. The van der Waals surface area contributed by atoms with Crippen molar-refractivity contribution in [1.29, 1.82) is 0 Å². The van der Waals surface area contributed by atoms with Crippen molar-refractivity contribution in [2.45, 2.75) is 39.2 Å². The van der Waals surface area contributed by atoms with Gasteiger partial charge in [0.25, 0.3) is 10.1 Å². The van der Waals surface area contributed by atoms with Crippen molar-refractivity contribution in [2.75, 3.05) is 12.9 Å². The minimum Gasteiger partial charge on any atom is -0.456 e. The van der Waals surface area contributed by atoms with Crippen LogP contribution in [0.1, 0.15) is 43.1 Å². The Hall–Kier alpha value is -1.40. The van der Waals surface area contributed by atoms with Crippen LogP contribution in [-0.4, -0.2) is 32.9 Å². The second kappa shape index (κ2) is 7.04. The van der Waals surface area contributed by atoms with E-state index in [2.05, 4.69) is 4.18 Å². The Labute approximate surface area is 126 Å². The molecule has 0 atom stereocenters. The third kappa shape index (κ3) is 7.82. The Morgan fingerprint density at radius 3 is 2.48 bits per heavy atom. The topological polar surface area (TPSA) is 69.7 Å². The quantitative estimate of drug-likeness (QED) is 0.458. The van der Waals surface area contributed by atoms with E-state index in [0.717, 1.165) is 11.8 Å². The Morgan fingerprint density at radius 2 is 1.90 bits per heavy atom. The van der Waals surface area contributed by atoms with Gasteiger partial charge in [0.15, 0.2) is 0 Å². The van der Waals surface area contributed by atoms with E-state index in [1.807, 2.05) is 26.8 Å². The van der Waals surface area contributed by atoms with Crippen LogP contribution in [0.15, 0.2) is 24.3 Å². The molecule has 6 heteroatoms. The van der Waals surface area contributed by atoms with Gasteiger partial charge in [-0.25, -0.2) is 4.79 Å². The van der Waals surface area contributed by atoms with Crippen molar-refractivity contribution in [3.8, 4) is 0 Å². The maximum absolute atomic E-state index is 11.9. The molecule has 0 heterocycles. The molecule has 0 saturated heterocycles. The smallest absolute Gasteiger partial charge is 0.338 e. The molecule has 0 unspecified atom stereocenters. The van der Waals surface area contributed by atoms with Crippen LogP contribution in [0.5, 0.6) is 0 Å². The maximum atomic E-state index is 11.9. The lowest BCUT2D eigenvalue weighted by Crippen LogP contribution is -2.23. The number of carbonyl (C=O) groups excluding carboxylic acids is 1. The van der Waals surface area contributed by atoms with Gasteiger partial charge in [-0.05, 0) is 51.3 Å². The largest absolute Gasteiger partial charge is 0.456 e. The number of benzene rings is 1. The second-order valence-electron chi connectivity index (χ2n) is 5.83. The van der Waals surface area contributed by atoms with E-state index in [-0.39, 0.29) is 12.6 Å². The lowest BCUT2D eigenvalue weighted by atomic mass is 10.1. The van der Waals surface area contributed by atoms with Gasteiger partial charge in [-0.2, -0.15) is 8.42 Å². The first kappa shape index (κ1) is 17.7. The number of esters is 1. The average Bonchev–Trinajstić information content (AvgIpc) is 2.32. The zero-order valence-electron chi connectivity index (χ0n) is 12.9. The summed E-state index contributed by atoms with van der Waals surface area (Å²) in [6, 6.07) is 7.12. The Balaban J connectivity index is 2.58.